The van der Waals surface area contributed by atoms with Gasteiger partial charge in [0, 0.05) is 11.3 Å². The Bertz CT molecular complexity index is 795. The first-order chi connectivity index (χ1) is 11.3. The maximum Gasteiger partial charge on any atom is 0.471 e. The molecule has 2 rings (SSSR count). The Labute approximate surface area is 136 Å². The summed E-state index contributed by atoms with van der Waals surface area (Å²) < 4.78 is 36.7. The van der Waals surface area contributed by atoms with Crippen LogP contribution in [0.25, 0.3) is 6.08 Å². The molecule has 0 atom stereocenters. The van der Waals surface area contributed by atoms with Crippen molar-refractivity contribution in [1.82, 2.24) is 0 Å². The van der Waals surface area contributed by atoms with Crippen molar-refractivity contribution >= 4 is 23.5 Å². The molecule has 2 aromatic carbocycles. The molecule has 3 nitrogen and oxygen atoms in total. The second-order valence-electron chi connectivity index (χ2n) is 5.14. The van der Waals surface area contributed by atoms with Crippen LogP contribution in [0.4, 0.5) is 18.9 Å². The van der Waals surface area contributed by atoms with Gasteiger partial charge in [-0.15, -0.1) is 0 Å². The molecule has 0 fully saturated rings. The summed E-state index contributed by atoms with van der Waals surface area (Å²) in [6, 6.07) is 12.8. The van der Waals surface area contributed by atoms with E-state index in [0.717, 1.165) is 5.56 Å². The highest BCUT2D eigenvalue weighted by atomic mass is 19.4. The Hall–Kier alpha value is -2.89. The second kappa shape index (κ2) is 7.12. The van der Waals surface area contributed by atoms with Gasteiger partial charge in [0.15, 0.2) is 5.78 Å². The lowest BCUT2D eigenvalue weighted by Gasteiger charge is -2.08. The largest absolute Gasteiger partial charge is 0.471 e. The number of ketones is 1. The number of halogens is 3. The van der Waals surface area contributed by atoms with Crippen molar-refractivity contribution in [2.24, 2.45) is 0 Å². The van der Waals surface area contributed by atoms with Gasteiger partial charge in [0.1, 0.15) is 0 Å². The highest BCUT2D eigenvalue weighted by molar-refractivity contribution is 6.07. The van der Waals surface area contributed by atoms with Gasteiger partial charge >= 0.3 is 12.1 Å². The maximum atomic E-state index is 12.2. The zero-order valence-electron chi connectivity index (χ0n) is 12.7. The van der Waals surface area contributed by atoms with Gasteiger partial charge in [-0.05, 0) is 36.8 Å². The summed E-state index contributed by atoms with van der Waals surface area (Å²) in [6.45, 7) is 1.87. The summed E-state index contributed by atoms with van der Waals surface area (Å²) in [5.41, 5.74) is 1.97. The summed E-state index contributed by atoms with van der Waals surface area (Å²) in [5, 5.41) is 1.77. The molecule has 0 aliphatic heterocycles. The molecule has 0 saturated carbocycles. The number of benzene rings is 2. The van der Waals surface area contributed by atoms with Crippen LogP contribution in [0.15, 0.2) is 54.6 Å². The number of aryl methyl sites for hydroxylation is 1. The molecule has 124 valence electrons. The van der Waals surface area contributed by atoms with Crippen LogP contribution in [0.5, 0.6) is 0 Å². The molecular formula is C18H14F3NO2. The molecule has 0 aromatic heterocycles. The Morgan fingerprint density at radius 3 is 2.42 bits per heavy atom. The van der Waals surface area contributed by atoms with Crippen molar-refractivity contribution in [3.63, 3.8) is 0 Å². The fraction of sp³-hybridized carbons (Fsp3) is 0.111. The van der Waals surface area contributed by atoms with Crippen LogP contribution in [0.3, 0.4) is 0 Å². The molecule has 0 saturated heterocycles. The monoisotopic (exact) mass is 333 g/mol. The predicted octanol–water partition coefficient (Wildman–Crippen LogP) is 4.39. The lowest BCUT2D eigenvalue weighted by atomic mass is 10.1. The van der Waals surface area contributed by atoms with Crippen LogP contribution in [0.1, 0.15) is 21.5 Å². The average Bonchev–Trinajstić information content (AvgIpc) is 2.52. The van der Waals surface area contributed by atoms with E-state index in [1.54, 1.807) is 29.6 Å². The third-order valence-corrected chi connectivity index (χ3v) is 3.13. The zero-order chi connectivity index (χ0) is 17.7. The van der Waals surface area contributed by atoms with Crippen molar-refractivity contribution < 1.29 is 22.8 Å². The number of allylic oxidation sites excluding steroid dienone is 1. The standard InChI is InChI=1S/C18H14F3NO2/c1-12-4-2-6-14(10-12)16(23)9-8-13-5-3-7-15(11-13)22-17(24)18(19,20)21/h2-11H,1H3,(H,22,24)/b9-8+. The number of amides is 1. The molecule has 0 aliphatic carbocycles. The second-order valence-corrected chi connectivity index (χ2v) is 5.14. The number of anilines is 1. The van der Waals surface area contributed by atoms with Crippen molar-refractivity contribution in [3.8, 4) is 0 Å². The fourth-order valence-corrected chi connectivity index (χ4v) is 1.99. The molecule has 0 bridgehead atoms. The van der Waals surface area contributed by atoms with Crippen LogP contribution in [0.2, 0.25) is 0 Å². The lowest BCUT2D eigenvalue weighted by Crippen LogP contribution is -2.29. The van der Waals surface area contributed by atoms with Gasteiger partial charge in [0.25, 0.3) is 0 Å². The van der Waals surface area contributed by atoms with Crippen molar-refractivity contribution in [1.29, 1.82) is 0 Å². The first-order valence-corrected chi connectivity index (χ1v) is 7.03. The Balaban J connectivity index is 2.11. The smallest absolute Gasteiger partial charge is 0.318 e. The summed E-state index contributed by atoms with van der Waals surface area (Å²) in [7, 11) is 0. The maximum absolute atomic E-state index is 12.2. The van der Waals surface area contributed by atoms with Crippen LogP contribution in [-0.4, -0.2) is 17.9 Å². The van der Waals surface area contributed by atoms with E-state index in [2.05, 4.69) is 0 Å². The van der Waals surface area contributed by atoms with E-state index in [-0.39, 0.29) is 11.5 Å². The summed E-state index contributed by atoms with van der Waals surface area (Å²) >= 11 is 0. The van der Waals surface area contributed by atoms with Gasteiger partial charge < -0.3 is 5.32 Å². The minimum absolute atomic E-state index is 0.00230. The normalized spacial score (nSPS) is 11.5. The third-order valence-electron chi connectivity index (χ3n) is 3.13. The molecular weight excluding hydrogens is 319 g/mol. The number of carbonyl (C=O) groups is 2. The minimum atomic E-state index is -4.95. The van der Waals surface area contributed by atoms with E-state index in [1.165, 1.54) is 30.4 Å². The number of hydrogen-bond acceptors (Lipinski definition) is 2. The highest BCUT2D eigenvalue weighted by Gasteiger charge is 2.38. The van der Waals surface area contributed by atoms with Crippen molar-refractivity contribution in [2.45, 2.75) is 13.1 Å². The van der Waals surface area contributed by atoms with E-state index in [4.69, 9.17) is 0 Å². The van der Waals surface area contributed by atoms with Gasteiger partial charge in [-0.1, -0.05) is 42.0 Å². The molecule has 0 heterocycles. The van der Waals surface area contributed by atoms with Gasteiger partial charge in [-0.2, -0.15) is 13.2 Å². The molecule has 0 aliphatic rings. The zero-order valence-corrected chi connectivity index (χ0v) is 12.7. The van der Waals surface area contributed by atoms with E-state index in [1.807, 2.05) is 13.0 Å². The molecule has 2 aromatic rings. The Kier molecular flexibility index (Phi) is 5.18. The molecule has 0 spiro atoms. The SMILES string of the molecule is Cc1cccc(C(=O)/C=C/c2cccc(NC(=O)C(F)(F)F)c2)c1. The Morgan fingerprint density at radius 1 is 1.04 bits per heavy atom. The quantitative estimate of drug-likeness (QED) is 0.666. The molecule has 1 amide bonds. The summed E-state index contributed by atoms with van der Waals surface area (Å²) in [6.07, 6.45) is -2.14. The highest BCUT2D eigenvalue weighted by Crippen LogP contribution is 2.19. The van der Waals surface area contributed by atoms with Gasteiger partial charge in [0.2, 0.25) is 0 Å². The molecule has 24 heavy (non-hydrogen) atoms. The Morgan fingerprint density at radius 2 is 1.75 bits per heavy atom. The molecule has 6 heteroatoms. The summed E-state index contributed by atoms with van der Waals surface area (Å²) in [4.78, 5) is 23.0. The third kappa shape index (κ3) is 4.81. The van der Waals surface area contributed by atoms with Crippen LogP contribution >= 0.6 is 0 Å². The van der Waals surface area contributed by atoms with Gasteiger partial charge in [0.05, 0.1) is 0 Å². The van der Waals surface area contributed by atoms with E-state index in [9.17, 15) is 22.8 Å². The van der Waals surface area contributed by atoms with Crippen molar-refractivity contribution in [2.75, 3.05) is 5.32 Å². The number of rotatable bonds is 4. The van der Waals surface area contributed by atoms with Gasteiger partial charge in [-0.3, -0.25) is 9.59 Å². The summed E-state index contributed by atoms with van der Waals surface area (Å²) in [5.74, 6) is -2.26. The average molecular weight is 333 g/mol. The molecule has 0 unspecified atom stereocenters. The van der Waals surface area contributed by atoms with E-state index in [0.29, 0.717) is 11.1 Å². The van der Waals surface area contributed by atoms with Crippen LogP contribution in [0, 0.1) is 6.92 Å². The van der Waals surface area contributed by atoms with Crippen LogP contribution < -0.4 is 5.32 Å². The number of alkyl halides is 3. The van der Waals surface area contributed by atoms with E-state index < -0.39 is 12.1 Å². The van der Waals surface area contributed by atoms with Crippen molar-refractivity contribution in [3.05, 3.63) is 71.3 Å². The van der Waals surface area contributed by atoms with Gasteiger partial charge in [-0.25, -0.2) is 0 Å². The first kappa shape index (κ1) is 17.5. The number of nitrogens with one attached hydrogen (secondary N) is 1. The van der Waals surface area contributed by atoms with E-state index >= 15 is 0 Å². The number of carbonyl (C=O) groups excluding carboxylic acids is 2. The first-order valence-electron chi connectivity index (χ1n) is 7.03. The lowest BCUT2D eigenvalue weighted by molar-refractivity contribution is -0.167. The topological polar surface area (TPSA) is 46.2 Å². The fourth-order valence-electron chi connectivity index (χ4n) is 1.99. The molecule has 0 radical (unpaired) electrons. The predicted molar refractivity (Wildman–Crippen MR) is 85.7 cm³/mol. The number of hydrogen-bond donors (Lipinski definition) is 1. The van der Waals surface area contributed by atoms with Crippen LogP contribution in [-0.2, 0) is 4.79 Å². The molecule has 1 N–H and O–H groups in total. The minimum Gasteiger partial charge on any atom is -0.318 e.